The first-order valence-electron chi connectivity index (χ1n) is 9.11. The molecule has 0 bridgehead atoms. The number of benzene rings is 3. The van der Waals surface area contributed by atoms with Gasteiger partial charge in [-0.3, -0.25) is 0 Å². The normalized spacial score (nSPS) is 12.3. The van der Waals surface area contributed by atoms with Crippen molar-refractivity contribution in [3.63, 3.8) is 0 Å². The van der Waals surface area contributed by atoms with E-state index >= 15 is 0 Å². The van der Waals surface area contributed by atoms with Crippen molar-refractivity contribution in [3.05, 3.63) is 77.4 Å². The summed E-state index contributed by atoms with van der Waals surface area (Å²) in [6, 6.07) is 21.3. The number of hydrogen-bond donors (Lipinski definition) is 1. The fourth-order valence-electron chi connectivity index (χ4n) is 3.04. The zero-order valence-corrected chi connectivity index (χ0v) is 15.4. The van der Waals surface area contributed by atoms with Gasteiger partial charge >= 0.3 is 0 Å². The van der Waals surface area contributed by atoms with Gasteiger partial charge in [-0.25, -0.2) is 0 Å². The Balaban J connectivity index is 1.84. The lowest BCUT2D eigenvalue weighted by atomic mass is 10.0. The van der Waals surface area contributed by atoms with Crippen LogP contribution in [0.3, 0.4) is 0 Å². The van der Waals surface area contributed by atoms with Crippen LogP contribution >= 0.6 is 0 Å². The van der Waals surface area contributed by atoms with Crippen LogP contribution < -0.4 is 10.1 Å². The quantitative estimate of drug-likeness (QED) is 0.606. The summed E-state index contributed by atoms with van der Waals surface area (Å²) in [5.41, 5.74) is 3.91. The van der Waals surface area contributed by atoms with Gasteiger partial charge in [-0.05, 0) is 48.2 Å². The topological polar surface area (TPSA) is 21.3 Å². The number of rotatable bonds is 7. The van der Waals surface area contributed by atoms with Crippen molar-refractivity contribution in [2.45, 2.75) is 46.4 Å². The maximum atomic E-state index is 6.19. The summed E-state index contributed by atoms with van der Waals surface area (Å²) >= 11 is 0. The van der Waals surface area contributed by atoms with Crippen LogP contribution in [-0.2, 0) is 13.1 Å². The Morgan fingerprint density at radius 2 is 1.68 bits per heavy atom. The fourth-order valence-corrected chi connectivity index (χ4v) is 3.04. The van der Waals surface area contributed by atoms with E-state index in [2.05, 4.69) is 86.8 Å². The van der Waals surface area contributed by atoms with Crippen LogP contribution in [0.5, 0.6) is 5.75 Å². The lowest BCUT2D eigenvalue weighted by molar-refractivity contribution is 0.215. The lowest BCUT2D eigenvalue weighted by Gasteiger charge is -2.18. The van der Waals surface area contributed by atoms with Crippen molar-refractivity contribution in [3.8, 4) is 5.75 Å². The van der Waals surface area contributed by atoms with E-state index in [9.17, 15) is 0 Å². The monoisotopic (exact) mass is 333 g/mol. The molecule has 3 aromatic carbocycles. The van der Waals surface area contributed by atoms with Crippen LogP contribution in [0, 0.1) is 6.92 Å². The van der Waals surface area contributed by atoms with E-state index in [1.54, 1.807) is 0 Å². The van der Waals surface area contributed by atoms with E-state index in [1.165, 1.54) is 27.5 Å². The van der Waals surface area contributed by atoms with Gasteiger partial charge in [-0.15, -0.1) is 0 Å². The molecule has 0 saturated carbocycles. The zero-order chi connectivity index (χ0) is 17.6. The van der Waals surface area contributed by atoms with Gasteiger partial charge in [-0.2, -0.15) is 0 Å². The molecular weight excluding hydrogens is 306 g/mol. The minimum Gasteiger partial charge on any atom is -0.490 e. The van der Waals surface area contributed by atoms with Gasteiger partial charge < -0.3 is 10.1 Å². The SMILES string of the molecule is CCC(C)Oc1ccc2ccccc2c1CNCc1ccccc1C. The Kier molecular flexibility index (Phi) is 5.72. The van der Waals surface area contributed by atoms with Gasteiger partial charge in [0.25, 0.3) is 0 Å². The van der Waals surface area contributed by atoms with E-state index in [4.69, 9.17) is 4.74 Å². The maximum Gasteiger partial charge on any atom is 0.124 e. The minimum atomic E-state index is 0.219. The second kappa shape index (κ2) is 8.17. The Morgan fingerprint density at radius 1 is 0.920 bits per heavy atom. The molecule has 0 aliphatic heterocycles. The summed E-state index contributed by atoms with van der Waals surface area (Å²) in [4.78, 5) is 0. The summed E-state index contributed by atoms with van der Waals surface area (Å²) in [5.74, 6) is 0.991. The second-order valence-electron chi connectivity index (χ2n) is 6.63. The highest BCUT2D eigenvalue weighted by Gasteiger charge is 2.11. The van der Waals surface area contributed by atoms with E-state index in [-0.39, 0.29) is 6.10 Å². The van der Waals surface area contributed by atoms with E-state index in [1.807, 2.05) is 0 Å². The first-order chi connectivity index (χ1) is 12.2. The van der Waals surface area contributed by atoms with Crippen LogP contribution in [0.15, 0.2) is 60.7 Å². The highest BCUT2D eigenvalue weighted by molar-refractivity contribution is 5.87. The first kappa shape index (κ1) is 17.5. The molecule has 2 nitrogen and oxygen atoms in total. The molecule has 25 heavy (non-hydrogen) atoms. The van der Waals surface area contributed by atoms with E-state index < -0.39 is 0 Å². The summed E-state index contributed by atoms with van der Waals surface area (Å²) in [6.45, 7) is 8.09. The molecule has 130 valence electrons. The highest BCUT2D eigenvalue weighted by Crippen LogP contribution is 2.29. The largest absolute Gasteiger partial charge is 0.490 e. The molecule has 3 aromatic rings. The Bertz CT molecular complexity index is 840. The molecule has 3 rings (SSSR count). The Hall–Kier alpha value is -2.32. The van der Waals surface area contributed by atoms with E-state index in [0.29, 0.717) is 0 Å². The fraction of sp³-hybridized carbons (Fsp3) is 0.304. The maximum absolute atomic E-state index is 6.19. The molecule has 0 radical (unpaired) electrons. The number of nitrogens with one attached hydrogen (secondary N) is 1. The molecule has 0 spiro atoms. The Morgan fingerprint density at radius 3 is 2.48 bits per heavy atom. The van der Waals surface area contributed by atoms with Crippen LogP contribution in [0.2, 0.25) is 0 Å². The molecule has 0 fully saturated rings. The summed E-state index contributed by atoms with van der Waals surface area (Å²) in [6.07, 6.45) is 1.22. The molecule has 1 N–H and O–H groups in total. The number of aryl methyl sites for hydroxylation is 1. The van der Waals surface area contributed by atoms with Crippen molar-refractivity contribution >= 4 is 10.8 Å². The van der Waals surface area contributed by atoms with Crippen molar-refractivity contribution in [2.75, 3.05) is 0 Å². The first-order valence-corrected chi connectivity index (χ1v) is 9.11. The molecule has 1 atom stereocenters. The predicted octanol–water partition coefficient (Wildman–Crippen LogP) is 5.62. The smallest absolute Gasteiger partial charge is 0.124 e. The molecule has 0 aliphatic carbocycles. The average molecular weight is 333 g/mol. The molecule has 0 amide bonds. The van der Waals surface area contributed by atoms with Crippen molar-refractivity contribution in [1.82, 2.24) is 5.32 Å². The third-order valence-corrected chi connectivity index (χ3v) is 4.78. The average Bonchev–Trinajstić information content (AvgIpc) is 2.64. The molecule has 1 unspecified atom stereocenters. The standard InChI is InChI=1S/C23H27NO/c1-4-18(3)25-23-14-13-19-10-7-8-12-21(19)22(23)16-24-15-20-11-6-5-9-17(20)2/h5-14,18,24H,4,15-16H2,1-3H3. The lowest BCUT2D eigenvalue weighted by Crippen LogP contribution is -2.17. The molecule has 0 aromatic heterocycles. The van der Waals surface area contributed by atoms with Gasteiger partial charge in [0.1, 0.15) is 5.75 Å². The predicted molar refractivity (Wildman–Crippen MR) is 106 cm³/mol. The van der Waals surface area contributed by atoms with Crippen LogP contribution in [0.1, 0.15) is 37.0 Å². The summed E-state index contributed by atoms with van der Waals surface area (Å²) in [5, 5.41) is 6.12. The third kappa shape index (κ3) is 4.21. The molecule has 0 aliphatic rings. The molecule has 0 heterocycles. The summed E-state index contributed by atoms with van der Waals surface area (Å²) < 4.78 is 6.19. The number of fused-ring (bicyclic) bond motifs is 1. The van der Waals surface area contributed by atoms with Crippen LogP contribution in [0.25, 0.3) is 10.8 Å². The molecular formula is C23H27NO. The third-order valence-electron chi connectivity index (χ3n) is 4.78. The number of ether oxygens (including phenoxy) is 1. The Labute approximate surface area is 150 Å². The van der Waals surface area contributed by atoms with Gasteiger partial charge in [0.05, 0.1) is 6.10 Å². The molecule has 2 heteroatoms. The molecule has 0 saturated heterocycles. The van der Waals surface area contributed by atoms with Crippen molar-refractivity contribution < 1.29 is 4.74 Å². The van der Waals surface area contributed by atoms with Crippen LogP contribution in [-0.4, -0.2) is 6.10 Å². The van der Waals surface area contributed by atoms with Crippen LogP contribution in [0.4, 0.5) is 0 Å². The zero-order valence-electron chi connectivity index (χ0n) is 15.4. The van der Waals surface area contributed by atoms with Crippen molar-refractivity contribution in [1.29, 1.82) is 0 Å². The number of hydrogen-bond acceptors (Lipinski definition) is 2. The van der Waals surface area contributed by atoms with E-state index in [0.717, 1.165) is 25.3 Å². The second-order valence-corrected chi connectivity index (χ2v) is 6.63. The highest BCUT2D eigenvalue weighted by atomic mass is 16.5. The van der Waals surface area contributed by atoms with Gasteiger partial charge in [0.2, 0.25) is 0 Å². The van der Waals surface area contributed by atoms with Crippen molar-refractivity contribution in [2.24, 2.45) is 0 Å². The van der Waals surface area contributed by atoms with Gasteiger partial charge in [-0.1, -0.05) is 61.5 Å². The summed E-state index contributed by atoms with van der Waals surface area (Å²) in [7, 11) is 0. The minimum absolute atomic E-state index is 0.219. The van der Waals surface area contributed by atoms with Gasteiger partial charge in [0, 0.05) is 18.7 Å². The van der Waals surface area contributed by atoms with Gasteiger partial charge in [0.15, 0.2) is 0 Å².